The van der Waals surface area contributed by atoms with Gasteiger partial charge < -0.3 is 0 Å². The fourth-order valence-corrected chi connectivity index (χ4v) is 0. The Morgan fingerprint density at radius 2 is 0.889 bits per heavy atom. The maximum Gasteiger partial charge on any atom is 0 e. The molecule has 0 aliphatic carbocycles. The zero-order chi connectivity index (χ0) is 4.50. The van der Waals surface area contributed by atoms with Crippen molar-refractivity contribution in [1.82, 2.24) is 0 Å². The van der Waals surface area contributed by atoms with Crippen LogP contribution in [0.3, 0.4) is 0 Å². The van der Waals surface area contributed by atoms with Gasteiger partial charge in [0.15, 0.2) is 0 Å². The van der Waals surface area contributed by atoms with Crippen LogP contribution in [0, 0.1) is 0 Å². The van der Waals surface area contributed by atoms with Gasteiger partial charge in [-0.15, -0.1) is 0 Å². The summed E-state index contributed by atoms with van der Waals surface area (Å²) >= 11 is 0. The predicted molar refractivity (Wildman–Crippen MR) is 35.6 cm³/mol. The van der Waals surface area contributed by atoms with Crippen LogP contribution in [0.15, 0.2) is 0 Å². The maximum atomic E-state index is 8.74. The first-order valence-corrected chi connectivity index (χ1v) is 2.10. The van der Waals surface area contributed by atoms with Gasteiger partial charge in [0.25, 0.3) is 0 Å². The van der Waals surface area contributed by atoms with Gasteiger partial charge in [0, 0.05) is 21.7 Å². The van der Waals surface area contributed by atoms with Crippen LogP contribution in [-0.4, -0.2) is 172 Å². The van der Waals surface area contributed by atoms with E-state index in [-0.39, 0.29) is 176 Å². The number of hydrogen-bond acceptors (Lipinski definition) is 2. The quantitative estimate of drug-likeness (QED) is 0.372. The molecule has 0 radical (unpaired) electrons. The summed E-state index contributed by atoms with van der Waals surface area (Å²) in [4.78, 5) is 0. The van der Waals surface area contributed by atoms with E-state index >= 15 is 0 Å². The summed E-state index contributed by atoms with van der Waals surface area (Å²) < 4.78 is 31.6. The van der Waals surface area contributed by atoms with Crippen molar-refractivity contribution in [3.8, 4) is 0 Å². The first-order chi connectivity index (χ1) is 2.00. The first kappa shape index (κ1) is 29.3. The van der Waals surface area contributed by atoms with Gasteiger partial charge >= 0.3 is 165 Å². The van der Waals surface area contributed by atoms with Crippen LogP contribution >= 0.6 is 0 Å². The van der Waals surface area contributed by atoms with E-state index in [1.807, 2.05) is 0 Å². The van der Waals surface area contributed by atoms with E-state index < -0.39 is 10.4 Å². The van der Waals surface area contributed by atoms with Crippen LogP contribution in [0.1, 0.15) is 0 Å². The van der Waals surface area contributed by atoms with E-state index in [4.69, 9.17) is 17.5 Å². The van der Waals surface area contributed by atoms with Crippen LogP contribution < -0.4 is 0 Å². The molecule has 0 fully saturated rings. The average Bonchev–Trinajstić information content (AvgIpc) is 0.722. The first-order valence-electron chi connectivity index (χ1n) is 0.698. The summed E-state index contributed by atoms with van der Waals surface area (Å²) in [6.45, 7) is 0. The third-order valence-electron chi connectivity index (χ3n) is 0. The number of rotatable bonds is 0. The van der Waals surface area contributed by atoms with Gasteiger partial charge in [-0.25, -0.2) is 0 Å². The molecule has 0 saturated heterocycles. The van der Waals surface area contributed by atoms with Crippen LogP contribution in [0.25, 0.3) is 0 Å². The molecule has 0 spiro atoms. The van der Waals surface area contributed by atoms with Crippen molar-refractivity contribution in [1.29, 1.82) is 0 Å². The van der Waals surface area contributed by atoms with Gasteiger partial charge in [-0.2, -0.15) is 8.42 Å². The summed E-state index contributed by atoms with van der Waals surface area (Å²) in [5.41, 5.74) is 0. The molecule has 0 rings (SSSR count). The fourth-order valence-electron chi connectivity index (χ4n) is 0. The molecule has 0 bridgehead atoms. The van der Waals surface area contributed by atoms with Gasteiger partial charge in [-0.3, -0.25) is 9.11 Å². The predicted octanol–water partition coefficient (Wildman–Crippen LogP) is -2.60. The normalized spacial score (nSPS) is 6.44. The molecule has 0 atom stereocenters. The second-order valence-corrected chi connectivity index (χ2v) is 1.34. The topological polar surface area (TPSA) is 74.6 Å². The fraction of sp³-hybridized carbons (Fsp3) is 0. The van der Waals surface area contributed by atoms with E-state index in [0.29, 0.717) is 0 Å². The summed E-state index contributed by atoms with van der Waals surface area (Å²) in [6.07, 6.45) is 0. The molecule has 2 N–H and O–H groups in total. The van der Waals surface area contributed by atoms with Crippen LogP contribution in [0.2, 0.25) is 0 Å². The Morgan fingerprint density at radius 3 is 0.889 bits per heavy atom. The SMILES string of the molecule is O=S(=O)(O)O.[KH].[KH].[KH].[Ti]. The zero-order valence-corrected chi connectivity index (χ0v) is 5.00. The monoisotopic (exact) mass is 266 g/mol. The summed E-state index contributed by atoms with van der Waals surface area (Å²) in [7, 11) is -4.67. The van der Waals surface area contributed by atoms with Gasteiger partial charge in [0.2, 0.25) is 0 Å². The Kier molecular flexibility index (Phi) is 51.9. The van der Waals surface area contributed by atoms with E-state index in [2.05, 4.69) is 0 Å². The minimum atomic E-state index is -4.67. The Labute approximate surface area is 197 Å². The molecule has 0 saturated carbocycles. The van der Waals surface area contributed by atoms with Gasteiger partial charge in [-0.1, -0.05) is 0 Å². The molecule has 0 unspecified atom stereocenters. The molecule has 4 nitrogen and oxygen atoms in total. The van der Waals surface area contributed by atoms with Crippen molar-refractivity contribution in [2.75, 3.05) is 0 Å². The van der Waals surface area contributed by atoms with Crippen molar-refractivity contribution < 1.29 is 39.2 Å². The molecule has 0 aromatic heterocycles. The van der Waals surface area contributed by atoms with Crippen molar-refractivity contribution in [2.24, 2.45) is 0 Å². The Bertz CT molecular complexity index is 99.0. The Balaban J connectivity index is -0.0000000133. The molecule has 9 heteroatoms. The van der Waals surface area contributed by atoms with E-state index in [0.717, 1.165) is 0 Å². The van der Waals surface area contributed by atoms with Gasteiger partial charge in [0.1, 0.15) is 0 Å². The van der Waals surface area contributed by atoms with Gasteiger partial charge in [-0.05, 0) is 0 Å². The standard InChI is InChI=1S/3K.H2O4S.Ti.3H/c;;;1-5(2,3)4;;;;/h;;;(H2,1,2,3,4);;;;. The maximum absolute atomic E-state index is 8.74. The molecular formula is H5K3O4STi. The molecule has 0 aliphatic heterocycles. The van der Waals surface area contributed by atoms with Crippen LogP contribution in [0.4, 0.5) is 0 Å². The van der Waals surface area contributed by atoms with Crippen molar-refractivity contribution in [2.45, 2.75) is 0 Å². The molecule has 0 aliphatic rings. The van der Waals surface area contributed by atoms with E-state index in [1.165, 1.54) is 0 Å². The average molecular weight is 266 g/mol. The minimum Gasteiger partial charge on any atom is 0 e. The molecule has 0 amide bonds. The molecule has 0 aromatic rings. The van der Waals surface area contributed by atoms with Crippen molar-refractivity contribution in [3.05, 3.63) is 0 Å². The Morgan fingerprint density at radius 1 is 0.889 bits per heavy atom. The van der Waals surface area contributed by atoms with Crippen LogP contribution in [-0.2, 0) is 32.1 Å². The number of hydrogen-bond donors (Lipinski definition) is 2. The summed E-state index contributed by atoms with van der Waals surface area (Å²) in [5.74, 6) is 0. The van der Waals surface area contributed by atoms with Crippen molar-refractivity contribution in [3.63, 3.8) is 0 Å². The molecular weight excluding hydrogens is 261 g/mol. The Hall–Kier alpha value is 5.49. The summed E-state index contributed by atoms with van der Waals surface area (Å²) in [6, 6.07) is 0. The van der Waals surface area contributed by atoms with E-state index in [1.54, 1.807) is 0 Å². The molecule has 0 heterocycles. The van der Waals surface area contributed by atoms with Gasteiger partial charge in [0.05, 0.1) is 0 Å². The smallest absolute Gasteiger partial charge is 0 e. The zero-order valence-electron chi connectivity index (χ0n) is 2.62. The summed E-state index contributed by atoms with van der Waals surface area (Å²) in [5, 5.41) is 0. The third-order valence-corrected chi connectivity index (χ3v) is 0. The second kappa shape index (κ2) is 15.9. The molecule has 0 aromatic carbocycles. The molecule has 9 heavy (non-hydrogen) atoms. The minimum absolute atomic E-state index is 0. The van der Waals surface area contributed by atoms with Crippen LogP contribution in [0.5, 0.6) is 0 Å². The second-order valence-electron chi connectivity index (χ2n) is 0.448. The van der Waals surface area contributed by atoms with E-state index in [9.17, 15) is 0 Å². The van der Waals surface area contributed by atoms with Crippen molar-refractivity contribution >= 4 is 165 Å². The third kappa shape index (κ3) is 59.1. The largest absolute Gasteiger partial charge is 0 e. The molecule has 42 valence electrons.